The number of hydrogen-bond acceptors (Lipinski definition) is 12. The van der Waals surface area contributed by atoms with Gasteiger partial charge in [-0.05, 0) is 23.3 Å². The number of hydrogen-bond donors (Lipinski definition) is 5. The summed E-state index contributed by atoms with van der Waals surface area (Å²) >= 11 is 7.73. The van der Waals surface area contributed by atoms with Gasteiger partial charge in [0.2, 0.25) is 5.91 Å². The Bertz CT molecular complexity index is 1520. The first-order valence-electron chi connectivity index (χ1n) is 16.0. The summed E-state index contributed by atoms with van der Waals surface area (Å²) in [7, 11) is 0. The van der Waals surface area contributed by atoms with Crippen LogP contribution >= 0.6 is 23.4 Å². The molecule has 1 amide bonds. The van der Waals surface area contributed by atoms with Crippen molar-refractivity contribution in [3.8, 4) is 0 Å². The fraction of sp³-hybridized carbons (Fsp3) is 0.457. The predicted molar refractivity (Wildman–Crippen MR) is 179 cm³/mol. The van der Waals surface area contributed by atoms with Crippen molar-refractivity contribution in [3.63, 3.8) is 0 Å². The number of halogens is 1. The highest BCUT2D eigenvalue weighted by Gasteiger charge is 2.53. The summed E-state index contributed by atoms with van der Waals surface area (Å²) in [5.74, 6) is 0.668. The van der Waals surface area contributed by atoms with Crippen molar-refractivity contribution in [2.75, 3.05) is 17.7 Å². The zero-order valence-corrected chi connectivity index (χ0v) is 28.2. The Morgan fingerprint density at radius 2 is 1.59 bits per heavy atom. The minimum Gasteiger partial charge on any atom is -0.387 e. The molecule has 0 saturated carbocycles. The Balaban J connectivity index is 1.14. The fourth-order valence-corrected chi connectivity index (χ4v) is 7.17. The minimum absolute atomic E-state index is 0.0305. The van der Waals surface area contributed by atoms with E-state index >= 15 is 0 Å². The molecule has 49 heavy (non-hydrogen) atoms. The van der Waals surface area contributed by atoms with E-state index in [-0.39, 0.29) is 19.1 Å². The van der Waals surface area contributed by atoms with Crippen LogP contribution in [-0.2, 0) is 45.6 Å². The highest BCUT2D eigenvalue weighted by molar-refractivity contribution is 7.98. The van der Waals surface area contributed by atoms with E-state index in [1.165, 1.54) is 18.7 Å². The van der Waals surface area contributed by atoms with Gasteiger partial charge in [-0.1, -0.05) is 78.3 Å². The third kappa shape index (κ3) is 8.82. The summed E-state index contributed by atoms with van der Waals surface area (Å²) in [4.78, 5) is 11.6. The van der Waals surface area contributed by atoms with Crippen LogP contribution in [0.25, 0.3) is 0 Å². The molecule has 6 rings (SSSR count). The molecule has 11 atom stereocenters. The van der Waals surface area contributed by atoms with Crippen LogP contribution in [-0.4, -0.2) is 100 Å². The molecule has 0 bridgehead atoms. The Morgan fingerprint density at radius 1 is 0.878 bits per heavy atom. The van der Waals surface area contributed by atoms with Gasteiger partial charge >= 0.3 is 0 Å². The standard InChI is InChI=1S/C35H40ClNO11S/c1-19(38)37-24-14-21(12-13-23(24)36)15-43-34-29(41)27(39)32(26(46-34)18-49-17-20-8-4-2-5-9-20)48-35-30(42)28(40)31-25(45-35)16-44-33(47-31)22-10-6-3-7-11-22/h2-14,25-35,39-42H,15-18H2,1H3,(H,37,38)/t25-,26-,27-,28-,29-,30-,31-,32-,33?,34-,35-/m1/s1. The maximum absolute atomic E-state index is 11.6. The second-order valence-electron chi connectivity index (χ2n) is 12.1. The Labute approximate surface area is 293 Å². The number of amides is 1. The van der Waals surface area contributed by atoms with Crippen LogP contribution in [0, 0.1) is 0 Å². The lowest BCUT2D eigenvalue weighted by molar-refractivity contribution is -0.384. The van der Waals surface area contributed by atoms with Crippen LogP contribution in [0.1, 0.15) is 29.9 Å². The molecular weight excluding hydrogens is 678 g/mol. The average molecular weight is 718 g/mol. The number of aliphatic hydroxyl groups excluding tert-OH is 4. The van der Waals surface area contributed by atoms with Gasteiger partial charge in [0.25, 0.3) is 0 Å². The molecule has 0 radical (unpaired) electrons. The van der Waals surface area contributed by atoms with Crippen molar-refractivity contribution in [3.05, 3.63) is 101 Å². The molecule has 12 nitrogen and oxygen atoms in total. The molecule has 3 aromatic carbocycles. The van der Waals surface area contributed by atoms with Gasteiger partial charge in [0, 0.05) is 24.0 Å². The third-order valence-corrected chi connectivity index (χ3v) is 9.92. The van der Waals surface area contributed by atoms with Crippen molar-refractivity contribution in [2.24, 2.45) is 0 Å². The van der Waals surface area contributed by atoms with E-state index < -0.39 is 67.7 Å². The molecule has 0 spiro atoms. The van der Waals surface area contributed by atoms with Gasteiger partial charge in [-0.2, -0.15) is 11.8 Å². The van der Waals surface area contributed by atoms with Crippen LogP contribution in [0.2, 0.25) is 5.02 Å². The number of anilines is 1. The van der Waals surface area contributed by atoms with Crippen LogP contribution in [0.3, 0.4) is 0 Å². The smallest absolute Gasteiger partial charge is 0.221 e. The molecule has 3 aromatic rings. The summed E-state index contributed by atoms with van der Waals surface area (Å²) in [5, 5.41) is 47.8. The molecule has 3 heterocycles. The topological polar surface area (TPSA) is 165 Å². The SMILES string of the molecule is CC(=O)Nc1cc(CO[C@@H]2O[C@H](CSCc3ccccc3)[C@@H](O[C@H]3O[C@@H]4COC(c5ccccc5)O[C@H]4[C@H](O)[C@H]3O)[C@H](O)[C@H]2O)ccc1Cl. The zero-order valence-electron chi connectivity index (χ0n) is 26.6. The number of aliphatic hydroxyl groups is 4. The van der Waals surface area contributed by atoms with Gasteiger partial charge < -0.3 is 54.2 Å². The molecule has 0 aliphatic carbocycles. The molecule has 1 unspecified atom stereocenters. The first kappa shape index (κ1) is 36.2. The number of carbonyl (C=O) groups is 1. The molecule has 3 saturated heterocycles. The lowest BCUT2D eigenvalue weighted by atomic mass is 9.96. The number of benzene rings is 3. The Hall–Kier alpha value is -2.63. The van der Waals surface area contributed by atoms with E-state index in [9.17, 15) is 25.2 Å². The number of thioether (sulfide) groups is 1. The number of carbonyl (C=O) groups excluding carboxylic acids is 1. The lowest BCUT2D eigenvalue weighted by Crippen LogP contribution is -2.65. The van der Waals surface area contributed by atoms with Gasteiger partial charge in [0.15, 0.2) is 18.9 Å². The molecule has 3 aliphatic heterocycles. The third-order valence-electron chi connectivity index (χ3n) is 8.49. The Kier molecular flexibility index (Phi) is 12.2. The van der Waals surface area contributed by atoms with Gasteiger partial charge in [-0.25, -0.2) is 0 Å². The van der Waals surface area contributed by atoms with Gasteiger partial charge in [0.05, 0.1) is 30.0 Å². The molecule has 5 N–H and O–H groups in total. The zero-order chi connectivity index (χ0) is 34.5. The second kappa shape index (κ2) is 16.6. The van der Waals surface area contributed by atoms with Crippen LogP contribution in [0.5, 0.6) is 0 Å². The van der Waals surface area contributed by atoms with Crippen molar-refractivity contribution in [1.82, 2.24) is 0 Å². The van der Waals surface area contributed by atoms with E-state index in [0.717, 1.165) is 11.1 Å². The minimum atomic E-state index is -1.55. The molecule has 14 heteroatoms. The summed E-state index contributed by atoms with van der Waals surface area (Å²) < 4.78 is 36.2. The number of nitrogens with one attached hydrogen (secondary N) is 1. The van der Waals surface area contributed by atoms with Gasteiger partial charge in [-0.3, -0.25) is 4.79 Å². The van der Waals surface area contributed by atoms with Crippen molar-refractivity contribution in [2.45, 2.75) is 87.0 Å². The summed E-state index contributed by atoms with van der Waals surface area (Å²) in [6, 6.07) is 24.0. The number of ether oxygens (including phenoxy) is 6. The van der Waals surface area contributed by atoms with Crippen molar-refractivity contribution < 1.29 is 53.6 Å². The largest absolute Gasteiger partial charge is 0.387 e. The average Bonchev–Trinajstić information content (AvgIpc) is 3.11. The summed E-state index contributed by atoms with van der Waals surface area (Å²) in [6.07, 6.45) is -13.1. The van der Waals surface area contributed by atoms with Gasteiger partial charge in [0.1, 0.15) is 42.7 Å². The van der Waals surface area contributed by atoms with Gasteiger partial charge in [-0.15, -0.1) is 0 Å². The fourth-order valence-electron chi connectivity index (χ4n) is 5.96. The lowest BCUT2D eigenvalue weighted by Gasteiger charge is -2.49. The number of rotatable bonds is 11. The molecule has 3 fully saturated rings. The highest BCUT2D eigenvalue weighted by Crippen LogP contribution is 2.37. The molecule has 0 aromatic heterocycles. The molecule has 3 aliphatic rings. The van der Waals surface area contributed by atoms with E-state index in [1.807, 2.05) is 60.7 Å². The maximum Gasteiger partial charge on any atom is 0.221 e. The second-order valence-corrected chi connectivity index (χ2v) is 13.6. The highest BCUT2D eigenvalue weighted by atomic mass is 35.5. The van der Waals surface area contributed by atoms with E-state index in [2.05, 4.69) is 5.32 Å². The van der Waals surface area contributed by atoms with Crippen LogP contribution in [0.15, 0.2) is 78.9 Å². The van der Waals surface area contributed by atoms with Crippen molar-refractivity contribution >= 4 is 35.0 Å². The monoisotopic (exact) mass is 717 g/mol. The van der Waals surface area contributed by atoms with Crippen LogP contribution < -0.4 is 5.32 Å². The summed E-state index contributed by atoms with van der Waals surface area (Å²) in [5.41, 5.74) is 2.89. The maximum atomic E-state index is 11.6. The summed E-state index contributed by atoms with van der Waals surface area (Å²) in [6.45, 7) is 1.40. The Morgan fingerprint density at radius 3 is 2.33 bits per heavy atom. The molecule has 264 valence electrons. The normalized spacial score (nSPS) is 33.1. The first-order valence-corrected chi connectivity index (χ1v) is 17.5. The van der Waals surface area contributed by atoms with Crippen LogP contribution in [0.4, 0.5) is 5.69 Å². The number of fused-ring (bicyclic) bond motifs is 1. The van der Waals surface area contributed by atoms with Crippen molar-refractivity contribution in [1.29, 1.82) is 0 Å². The predicted octanol–water partition coefficient (Wildman–Crippen LogP) is 3.14. The molecular formula is C35H40ClNO11S. The van der Waals surface area contributed by atoms with E-state index in [0.29, 0.717) is 27.8 Å². The first-order chi connectivity index (χ1) is 23.7. The van der Waals surface area contributed by atoms with E-state index in [4.69, 9.17) is 40.0 Å². The van der Waals surface area contributed by atoms with E-state index in [1.54, 1.807) is 18.2 Å². The quantitative estimate of drug-likeness (QED) is 0.197.